The Hall–Kier alpha value is -2.74. The molecule has 0 aliphatic rings. The second-order valence-electron chi connectivity index (χ2n) is 6.21. The molecule has 26 heavy (non-hydrogen) atoms. The van der Waals surface area contributed by atoms with Crippen molar-refractivity contribution in [3.05, 3.63) is 48.4 Å². The molecule has 0 saturated heterocycles. The third kappa shape index (κ3) is 4.45. The number of carbonyl (C=O) groups excluding carboxylic acids is 1. The van der Waals surface area contributed by atoms with E-state index < -0.39 is 0 Å². The lowest BCUT2D eigenvalue weighted by atomic mass is 10.2. The van der Waals surface area contributed by atoms with Gasteiger partial charge >= 0.3 is 6.03 Å². The Kier molecular flexibility index (Phi) is 5.62. The molecule has 2 N–H and O–H groups in total. The van der Waals surface area contributed by atoms with Crippen molar-refractivity contribution < 1.29 is 4.79 Å². The lowest BCUT2D eigenvalue weighted by Crippen LogP contribution is -2.30. The van der Waals surface area contributed by atoms with Crippen LogP contribution in [0.1, 0.15) is 31.3 Å². The number of anilines is 1. The van der Waals surface area contributed by atoms with E-state index in [0.717, 1.165) is 21.8 Å². The first-order valence-corrected chi connectivity index (χ1v) is 9.29. The molecule has 2 amide bonds. The summed E-state index contributed by atoms with van der Waals surface area (Å²) in [7, 11) is 0. The predicted molar refractivity (Wildman–Crippen MR) is 103 cm³/mol. The van der Waals surface area contributed by atoms with E-state index in [2.05, 4.69) is 39.4 Å². The molecular weight excluding hydrogens is 348 g/mol. The number of hydrogen-bond acceptors (Lipinski definition) is 5. The molecule has 0 saturated carbocycles. The van der Waals surface area contributed by atoms with Crippen LogP contribution in [0.15, 0.2) is 37.1 Å². The second-order valence-corrected chi connectivity index (χ2v) is 7.21. The summed E-state index contributed by atoms with van der Waals surface area (Å²) >= 11 is 1.45. The summed E-state index contributed by atoms with van der Waals surface area (Å²) in [5.74, 6) is 0. The van der Waals surface area contributed by atoms with Crippen molar-refractivity contribution in [2.75, 3.05) is 11.9 Å². The van der Waals surface area contributed by atoms with Crippen molar-refractivity contribution in [2.24, 2.45) is 0 Å². The van der Waals surface area contributed by atoms with E-state index in [4.69, 9.17) is 0 Å². The number of urea groups is 1. The van der Waals surface area contributed by atoms with Gasteiger partial charge in [-0.15, -0.1) is 0 Å². The molecule has 8 heteroatoms. The number of aromatic nitrogens is 4. The van der Waals surface area contributed by atoms with Crippen molar-refractivity contribution in [1.82, 2.24) is 24.8 Å². The van der Waals surface area contributed by atoms with Gasteiger partial charge in [0, 0.05) is 37.6 Å². The highest BCUT2D eigenvalue weighted by atomic mass is 32.1. The molecule has 0 aliphatic carbocycles. The summed E-state index contributed by atoms with van der Waals surface area (Å²) in [6.45, 7) is 6.66. The minimum Gasteiger partial charge on any atom is -0.337 e. The number of pyridine rings is 1. The second kappa shape index (κ2) is 8.09. The molecule has 0 spiro atoms. The van der Waals surface area contributed by atoms with Crippen LogP contribution in [0.25, 0.3) is 10.4 Å². The smallest absolute Gasteiger partial charge is 0.321 e. The molecule has 0 aliphatic heterocycles. The van der Waals surface area contributed by atoms with Crippen LogP contribution < -0.4 is 10.6 Å². The zero-order valence-corrected chi connectivity index (χ0v) is 15.9. The van der Waals surface area contributed by atoms with Crippen LogP contribution in [0.5, 0.6) is 0 Å². The molecule has 3 aromatic rings. The van der Waals surface area contributed by atoms with E-state index >= 15 is 0 Å². The average Bonchev–Trinajstić information content (AvgIpc) is 3.22. The van der Waals surface area contributed by atoms with Gasteiger partial charge in [-0.3, -0.25) is 10.3 Å². The van der Waals surface area contributed by atoms with E-state index in [0.29, 0.717) is 24.1 Å². The summed E-state index contributed by atoms with van der Waals surface area (Å²) in [6, 6.07) is 3.99. The number of imidazole rings is 1. The number of rotatable bonds is 6. The molecule has 3 aromatic heterocycles. The van der Waals surface area contributed by atoms with Crippen molar-refractivity contribution in [2.45, 2.75) is 33.2 Å². The third-order valence-electron chi connectivity index (χ3n) is 3.88. The first-order chi connectivity index (χ1) is 12.5. The molecule has 0 bridgehead atoms. The Morgan fingerprint density at radius 3 is 2.77 bits per heavy atom. The molecule has 0 fully saturated rings. The Morgan fingerprint density at radius 2 is 2.08 bits per heavy atom. The fourth-order valence-corrected chi connectivity index (χ4v) is 3.42. The minimum absolute atomic E-state index is 0.261. The molecule has 3 heterocycles. The molecule has 136 valence electrons. The van der Waals surface area contributed by atoms with Crippen molar-refractivity contribution >= 4 is 22.5 Å². The standard InChI is InChI=1S/C18H22N6OS/c1-12(2)24-10-15(21-11-24)6-9-20-17(25)23-18-22-13(3)16(26-18)14-4-7-19-8-5-14/h4-5,7-8,10-12H,6,9H2,1-3H3,(H2,20,22,23,25). The van der Waals surface area contributed by atoms with Gasteiger partial charge in [-0.25, -0.2) is 14.8 Å². The van der Waals surface area contributed by atoms with Gasteiger partial charge in [0.05, 0.1) is 22.6 Å². The fraction of sp³-hybridized carbons (Fsp3) is 0.333. The van der Waals surface area contributed by atoms with Gasteiger partial charge in [-0.1, -0.05) is 11.3 Å². The van der Waals surface area contributed by atoms with E-state index in [1.807, 2.05) is 36.1 Å². The molecule has 7 nitrogen and oxygen atoms in total. The van der Waals surface area contributed by atoms with Crippen LogP contribution in [0, 0.1) is 6.92 Å². The van der Waals surface area contributed by atoms with E-state index in [1.165, 1.54) is 11.3 Å². The van der Waals surface area contributed by atoms with Crippen LogP contribution in [-0.4, -0.2) is 32.1 Å². The molecule has 3 rings (SSSR count). The van der Waals surface area contributed by atoms with Crippen LogP contribution in [0.2, 0.25) is 0 Å². The third-order valence-corrected chi connectivity index (χ3v) is 5.00. The Morgan fingerprint density at radius 1 is 1.31 bits per heavy atom. The maximum atomic E-state index is 12.1. The van der Waals surface area contributed by atoms with Gasteiger partial charge in [0.15, 0.2) is 5.13 Å². The number of nitrogens with zero attached hydrogens (tertiary/aromatic N) is 4. The first kappa shape index (κ1) is 18.1. The maximum absolute atomic E-state index is 12.1. The van der Waals surface area contributed by atoms with E-state index in [-0.39, 0.29) is 6.03 Å². The minimum atomic E-state index is -0.261. The Bertz CT molecular complexity index is 871. The number of carbonyl (C=O) groups is 1. The lowest BCUT2D eigenvalue weighted by Gasteiger charge is -2.05. The van der Waals surface area contributed by atoms with Crippen LogP contribution in [0.3, 0.4) is 0 Å². The Balaban J connectivity index is 1.52. The number of nitrogens with one attached hydrogen (secondary N) is 2. The summed E-state index contributed by atoms with van der Waals surface area (Å²) in [5, 5.41) is 6.22. The lowest BCUT2D eigenvalue weighted by molar-refractivity contribution is 0.252. The highest BCUT2D eigenvalue weighted by Gasteiger charge is 2.12. The topological polar surface area (TPSA) is 84.7 Å². The van der Waals surface area contributed by atoms with Gasteiger partial charge < -0.3 is 9.88 Å². The van der Waals surface area contributed by atoms with Gasteiger partial charge in [-0.05, 0) is 38.5 Å². The highest BCUT2D eigenvalue weighted by Crippen LogP contribution is 2.32. The monoisotopic (exact) mass is 370 g/mol. The normalized spacial score (nSPS) is 10.9. The average molecular weight is 370 g/mol. The molecular formula is C18H22N6OS. The molecule has 0 aromatic carbocycles. The zero-order valence-electron chi connectivity index (χ0n) is 15.1. The molecule has 0 unspecified atom stereocenters. The Labute approximate surface area is 156 Å². The molecule has 0 atom stereocenters. The van der Waals surface area contributed by atoms with Gasteiger partial charge in [0.1, 0.15) is 0 Å². The van der Waals surface area contributed by atoms with Crippen LogP contribution in [0.4, 0.5) is 9.93 Å². The molecule has 0 radical (unpaired) electrons. The van der Waals surface area contributed by atoms with E-state index in [9.17, 15) is 4.79 Å². The summed E-state index contributed by atoms with van der Waals surface area (Å²) in [4.78, 5) is 25.9. The van der Waals surface area contributed by atoms with Gasteiger partial charge in [0.2, 0.25) is 0 Å². The van der Waals surface area contributed by atoms with Crippen LogP contribution in [-0.2, 0) is 6.42 Å². The number of amides is 2. The summed E-state index contributed by atoms with van der Waals surface area (Å²) < 4.78 is 2.05. The van der Waals surface area contributed by atoms with Crippen LogP contribution >= 0.6 is 11.3 Å². The fourth-order valence-electron chi connectivity index (χ4n) is 2.46. The summed E-state index contributed by atoms with van der Waals surface area (Å²) in [5.41, 5.74) is 2.89. The number of thiazole rings is 1. The summed E-state index contributed by atoms with van der Waals surface area (Å²) in [6.07, 6.45) is 8.00. The quantitative estimate of drug-likeness (QED) is 0.693. The number of hydrogen-bond donors (Lipinski definition) is 2. The van der Waals surface area contributed by atoms with E-state index in [1.54, 1.807) is 12.4 Å². The largest absolute Gasteiger partial charge is 0.337 e. The van der Waals surface area contributed by atoms with Gasteiger partial charge in [0.25, 0.3) is 0 Å². The number of aryl methyl sites for hydroxylation is 1. The SMILES string of the molecule is Cc1nc(NC(=O)NCCc2cn(C(C)C)cn2)sc1-c1ccncc1. The maximum Gasteiger partial charge on any atom is 0.321 e. The van der Waals surface area contributed by atoms with Gasteiger partial charge in [-0.2, -0.15) is 0 Å². The predicted octanol–water partition coefficient (Wildman–Crippen LogP) is 3.66. The highest BCUT2D eigenvalue weighted by molar-refractivity contribution is 7.19. The van der Waals surface area contributed by atoms with Crippen molar-refractivity contribution in [1.29, 1.82) is 0 Å². The first-order valence-electron chi connectivity index (χ1n) is 8.48. The zero-order chi connectivity index (χ0) is 18.5. The van der Waals surface area contributed by atoms with Crippen molar-refractivity contribution in [3.8, 4) is 10.4 Å². The van der Waals surface area contributed by atoms with Crippen molar-refractivity contribution in [3.63, 3.8) is 0 Å².